The van der Waals surface area contributed by atoms with Crippen LogP contribution >= 0.6 is 0 Å². The van der Waals surface area contributed by atoms with Gasteiger partial charge >= 0.3 is 11.4 Å². The maximum Gasteiger partial charge on any atom is 0.348 e. The average Bonchev–Trinajstić information content (AvgIpc) is 2.26. The van der Waals surface area contributed by atoms with Crippen molar-refractivity contribution in [2.75, 3.05) is 13.1 Å². The fraction of sp³-hybridized carbons (Fsp3) is 0.333. The number of terminal acetylenes is 1. The fourth-order valence-corrected chi connectivity index (χ4v) is 1.06. The minimum absolute atomic E-state index is 0.212. The molecule has 0 aliphatic heterocycles. The molecular formula is C9H10N4O3. The van der Waals surface area contributed by atoms with Crippen LogP contribution < -0.4 is 11.0 Å². The van der Waals surface area contributed by atoms with Gasteiger partial charge in [-0.15, -0.1) is 6.42 Å². The van der Waals surface area contributed by atoms with Gasteiger partial charge in [-0.25, -0.2) is 4.79 Å². The van der Waals surface area contributed by atoms with Crippen LogP contribution in [-0.2, 0) is 6.54 Å². The van der Waals surface area contributed by atoms with Crippen LogP contribution in [0.4, 0.5) is 5.69 Å². The third-order valence-electron chi connectivity index (χ3n) is 1.81. The zero-order chi connectivity index (χ0) is 12.0. The van der Waals surface area contributed by atoms with Crippen LogP contribution in [0.5, 0.6) is 0 Å². The lowest BCUT2D eigenvalue weighted by atomic mass is 10.5. The Balaban J connectivity index is 2.72. The van der Waals surface area contributed by atoms with E-state index in [4.69, 9.17) is 6.42 Å². The molecule has 1 aromatic heterocycles. The molecule has 7 heteroatoms. The Kier molecular flexibility index (Phi) is 4.17. The van der Waals surface area contributed by atoms with E-state index in [0.717, 1.165) is 12.4 Å². The van der Waals surface area contributed by atoms with Gasteiger partial charge in [-0.3, -0.25) is 14.7 Å². The standard InChI is InChI=1S/C9H10N4O3/c1-2-3-10-4-5-12-7-8(13(15)16)6-11-9(12)14/h1,6-7,10H,3-5H2. The van der Waals surface area contributed by atoms with Gasteiger partial charge in [0.15, 0.2) is 0 Å². The number of hydrogen-bond acceptors (Lipinski definition) is 5. The van der Waals surface area contributed by atoms with Gasteiger partial charge in [-0.05, 0) is 0 Å². The van der Waals surface area contributed by atoms with Gasteiger partial charge in [0.2, 0.25) is 0 Å². The number of aromatic nitrogens is 2. The smallest absolute Gasteiger partial charge is 0.304 e. The predicted molar refractivity (Wildman–Crippen MR) is 56.9 cm³/mol. The summed E-state index contributed by atoms with van der Waals surface area (Å²) >= 11 is 0. The molecule has 1 heterocycles. The molecule has 84 valence electrons. The molecule has 0 aromatic carbocycles. The fourth-order valence-electron chi connectivity index (χ4n) is 1.06. The van der Waals surface area contributed by atoms with Gasteiger partial charge in [0.1, 0.15) is 6.20 Å². The lowest BCUT2D eigenvalue weighted by Gasteiger charge is -2.03. The van der Waals surface area contributed by atoms with E-state index in [1.165, 1.54) is 4.57 Å². The Morgan fingerprint density at radius 1 is 1.69 bits per heavy atom. The number of rotatable bonds is 5. The second-order valence-corrected chi connectivity index (χ2v) is 2.93. The summed E-state index contributed by atoms with van der Waals surface area (Å²) in [5, 5.41) is 13.3. The Morgan fingerprint density at radius 2 is 2.44 bits per heavy atom. The van der Waals surface area contributed by atoms with E-state index in [1.807, 2.05) is 0 Å². The summed E-state index contributed by atoms with van der Waals surface area (Å²) < 4.78 is 1.17. The molecule has 16 heavy (non-hydrogen) atoms. The molecule has 0 radical (unpaired) electrons. The molecule has 0 aliphatic rings. The van der Waals surface area contributed by atoms with Crippen molar-refractivity contribution in [1.82, 2.24) is 14.9 Å². The molecule has 7 nitrogen and oxygen atoms in total. The summed E-state index contributed by atoms with van der Waals surface area (Å²) in [5.41, 5.74) is -0.732. The molecule has 1 N–H and O–H groups in total. The Morgan fingerprint density at radius 3 is 3.06 bits per heavy atom. The number of hydrogen-bond donors (Lipinski definition) is 1. The first kappa shape index (κ1) is 11.9. The zero-order valence-corrected chi connectivity index (χ0v) is 8.42. The summed E-state index contributed by atoms with van der Waals surface area (Å²) in [4.78, 5) is 24.5. The van der Waals surface area contributed by atoms with Crippen molar-refractivity contribution in [2.45, 2.75) is 6.54 Å². The SMILES string of the molecule is C#CCNCCn1cc([N+](=O)[O-])cnc1=O. The molecule has 0 atom stereocenters. The highest BCUT2D eigenvalue weighted by Gasteiger charge is 2.08. The topological polar surface area (TPSA) is 90.1 Å². The summed E-state index contributed by atoms with van der Waals surface area (Å²) in [7, 11) is 0. The molecule has 0 amide bonds. The van der Waals surface area contributed by atoms with Crippen molar-refractivity contribution in [2.24, 2.45) is 0 Å². The normalized spacial score (nSPS) is 9.69. The van der Waals surface area contributed by atoms with E-state index in [1.54, 1.807) is 0 Å². The third kappa shape index (κ3) is 3.18. The number of nitrogens with zero attached hydrogens (tertiary/aromatic N) is 3. The molecule has 0 bridgehead atoms. The first-order valence-corrected chi connectivity index (χ1v) is 4.50. The second-order valence-electron chi connectivity index (χ2n) is 2.93. The number of nitrogens with one attached hydrogen (secondary N) is 1. The van der Waals surface area contributed by atoms with Crippen molar-refractivity contribution in [3.05, 3.63) is 33.0 Å². The van der Waals surface area contributed by atoms with Crippen molar-refractivity contribution in [3.63, 3.8) is 0 Å². The molecule has 1 rings (SSSR count). The predicted octanol–water partition coefficient (Wildman–Crippen LogP) is -0.626. The van der Waals surface area contributed by atoms with E-state index in [2.05, 4.69) is 16.2 Å². The zero-order valence-electron chi connectivity index (χ0n) is 8.42. The molecule has 1 aromatic rings. The highest BCUT2D eigenvalue weighted by Crippen LogP contribution is 2.03. The van der Waals surface area contributed by atoms with Gasteiger partial charge in [0.05, 0.1) is 17.7 Å². The second kappa shape index (κ2) is 5.63. The highest BCUT2D eigenvalue weighted by atomic mass is 16.6. The van der Waals surface area contributed by atoms with Gasteiger partial charge in [0, 0.05) is 13.1 Å². The largest absolute Gasteiger partial charge is 0.348 e. The molecule has 0 unspecified atom stereocenters. The molecule has 0 spiro atoms. The first-order chi connectivity index (χ1) is 7.65. The van der Waals surface area contributed by atoms with Crippen molar-refractivity contribution < 1.29 is 4.92 Å². The average molecular weight is 222 g/mol. The van der Waals surface area contributed by atoms with Crippen LogP contribution in [0.25, 0.3) is 0 Å². The minimum Gasteiger partial charge on any atom is -0.304 e. The van der Waals surface area contributed by atoms with Crippen LogP contribution in [0.2, 0.25) is 0 Å². The van der Waals surface area contributed by atoms with Crippen molar-refractivity contribution in [3.8, 4) is 12.3 Å². The molecular weight excluding hydrogens is 212 g/mol. The Hall–Kier alpha value is -2.20. The van der Waals surface area contributed by atoms with Crippen LogP contribution in [0.1, 0.15) is 0 Å². The van der Waals surface area contributed by atoms with Crippen LogP contribution in [0, 0.1) is 22.5 Å². The lowest BCUT2D eigenvalue weighted by molar-refractivity contribution is -0.385. The molecule has 0 aliphatic carbocycles. The molecule has 0 fully saturated rings. The highest BCUT2D eigenvalue weighted by molar-refractivity contribution is 5.20. The van der Waals surface area contributed by atoms with Crippen LogP contribution in [0.3, 0.4) is 0 Å². The molecule has 0 saturated heterocycles. The third-order valence-corrected chi connectivity index (χ3v) is 1.81. The van der Waals surface area contributed by atoms with E-state index in [-0.39, 0.29) is 12.2 Å². The van der Waals surface area contributed by atoms with Gasteiger partial charge in [-0.1, -0.05) is 5.92 Å². The quantitative estimate of drug-likeness (QED) is 0.310. The maximum atomic E-state index is 11.2. The van der Waals surface area contributed by atoms with Gasteiger partial charge in [-0.2, -0.15) is 4.98 Å². The monoisotopic (exact) mass is 222 g/mol. The maximum absolute atomic E-state index is 11.2. The number of nitro groups is 1. The van der Waals surface area contributed by atoms with E-state index < -0.39 is 10.6 Å². The van der Waals surface area contributed by atoms with Crippen LogP contribution in [-0.4, -0.2) is 27.6 Å². The summed E-state index contributed by atoms with van der Waals surface area (Å²) in [6.07, 6.45) is 7.12. The van der Waals surface area contributed by atoms with Gasteiger partial charge < -0.3 is 5.32 Å². The summed E-state index contributed by atoms with van der Waals surface area (Å²) in [6.45, 7) is 1.12. The van der Waals surface area contributed by atoms with E-state index in [9.17, 15) is 14.9 Å². The summed E-state index contributed by atoms with van der Waals surface area (Å²) in [6, 6.07) is 0. The van der Waals surface area contributed by atoms with E-state index in [0.29, 0.717) is 13.1 Å². The van der Waals surface area contributed by atoms with Crippen LogP contribution in [0.15, 0.2) is 17.2 Å². The Labute approximate surface area is 91.3 Å². The van der Waals surface area contributed by atoms with Crippen molar-refractivity contribution in [1.29, 1.82) is 0 Å². The summed E-state index contributed by atoms with van der Waals surface area (Å²) in [5.74, 6) is 2.38. The lowest BCUT2D eigenvalue weighted by Crippen LogP contribution is -2.28. The minimum atomic E-state index is -0.599. The van der Waals surface area contributed by atoms with Crippen molar-refractivity contribution >= 4 is 5.69 Å². The molecule has 0 saturated carbocycles. The van der Waals surface area contributed by atoms with Gasteiger partial charge in [0.25, 0.3) is 0 Å². The first-order valence-electron chi connectivity index (χ1n) is 4.50. The Bertz CT molecular complexity index is 474. The van der Waals surface area contributed by atoms with E-state index >= 15 is 0 Å².